The fraction of sp³-hybridized carbons (Fsp3) is 0.105. The topological polar surface area (TPSA) is 74.1 Å². The van der Waals surface area contributed by atoms with E-state index in [0.29, 0.717) is 50.0 Å². The fourth-order valence-electron chi connectivity index (χ4n) is 13.5. The van der Waals surface area contributed by atoms with Crippen molar-refractivity contribution in [2.24, 2.45) is 0 Å². The normalized spacial score (nSPS) is 14.3. The maximum absolute atomic E-state index is 13.1. The molecule has 0 aliphatic heterocycles. The quantitative estimate of drug-likeness (QED) is 0.165. The largest absolute Gasteiger partial charge is 0.454 e. The molecule has 0 fully saturated rings. The van der Waals surface area contributed by atoms with Crippen LogP contribution in [0.25, 0.3) is 159 Å². The lowest BCUT2D eigenvalue weighted by Gasteiger charge is -2.27. The summed E-state index contributed by atoms with van der Waals surface area (Å²) in [5.74, 6) is 0. The molecule has 17 aromatic rings. The molecule has 0 bridgehead atoms. The molecule has 0 saturated heterocycles. The van der Waals surface area contributed by atoms with E-state index in [2.05, 4.69) is 87.4 Å². The van der Waals surface area contributed by atoms with Crippen molar-refractivity contribution in [2.75, 3.05) is 0 Å². The summed E-state index contributed by atoms with van der Waals surface area (Å²) in [4.78, 5) is 4.69. The summed E-state index contributed by atoms with van der Waals surface area (Å²) < 4.78 is 116. The zero-order chi connectivity index (χ0) is 65.4. The second-order valence-corrected chi connectivity index (χ2v) is 23.8. The molecule has 0 atom stereocenters. The molecule has 0 amide bonds. The van der Waals surface area contributed by atoms with Crippen molar-refractivity contribution in [3.05, 3.63) is 234 Å². The number of nitrogens with zero attached hydrogens (tertiary/aromatic N) is 6. The fourth-order valence-corrected chi connectivity index (χ4v) is 13.5. The van der Waals surface area contributed by atoms with E-state index in [4.69, 9.17) is 11.6 Å². The smallest absolute Gasteiger partial charge is 0.237 e. The summed E-state index contributed by atoms with van der Waals surface area (Å²) in [6, 6.07) is 44.9. The predicted molar refractivity (Wildman–Crippen MR) is 347 cm³/mol. The van der Waals surface area contributed by atoms with E-state index >= 15 is 0 Å². The minimum absolute atomic E-state index is 0.160. The van der Waals surface area contributed by atoms with Crippen molar-refractivity contribution in [3.63, 3.8) is 0 Å². The Morgan fingerprint density at radius 2 is 0.952 bits per heavy atom. The third kappa shape index (κ3) is 6.29. The lowest BCUT2D eigenvalue weighted by atomic mass is 9.82. The first kappa shape index (κ1) is 38.8. The number of fused-ring (bicyclic) bond motifs is 20. The number of aromatic nitrogens is 4. The van der Waals surface area contributed by atoms with Gasteiger partial charge < -0.3 is 27.1 Å². The van der Waals surface area contributed by atoms with E-state index in [1.54, 1.807) is 0 Å². The molecule has 0 radical (unpaired) electrons. The monoisotopic (exact) mass is 1090 g/mol. The number of para-hydroxylation sites is 7. The molecular weight excluding hydrogens is 1030 g/mol. The molecule has 84 heavy (non-hydrogen) atoms. The van der Waals surface area contributed by atoms with Gasteiger partial charge in [0.2, 0.25) is 5.69 Å². The van der Waals surface area contributed by atoms with Crippen molar-refractivity contribution in [1.29, 1.82) is 5.26 Å². The molecule has 0 aliphatic carbocycles. The van der Waals surface area contributed by atoms with Gasteiger partial charge in [-0.05, 0) is 88.6 Å². The number of furan rings is 2. The van der Waals surface area contributed by atoms with Crippen molar-refractivity contribution in [3.8, 4) is 28.8 Å². The average Bonchev–Trinajstić information content (AvgIpc) is 1.51. The molecule has 8 nitrogen and oxygen atoms in total. The molecule has 6 aromatic heterocycles. The standard InChI is InChI=1S/C76H52N6O2/c1-75(2,3)43-36-39-62-53(40-43)54-41-56(76(4,5)6)65-52-28-14-21-35-64(52)84-74(65)70(54)82(62)72-68(79-57-29-15-8-22-44(57)45-23-9-16-30-58(45)79)55(42-77)67(66(78-7)71(72)80-59-31-17-10-24-46(59)47-25-11-18-32-60(47)80)81-61-33-19-12-26-48(61)50-37-38-51-49-27-13-20-34-63(49)83-73(51)69(50)81/h8-41H,1-6H3/i12D,13D,19D,20D,26D,27D,33D,34D,37D,38D. The number of hydrogen-bond acceptors (Lipinski definition) is 3. The van der Waals surface area contributed by atoms with Gasteiger partial charge in [-0.25, -0.2) is 4.85 Å². The van der Waals surface area contributed by atoms with Gasteiger partial charge in [0.1, 0.15) is 17.2 Å². The van der Waals surface area contributed by atoms with E-state index in [-0.39, 0.29) is 77.5 Å². The van der Waals surface area contributed by atoms with Gasteiger partial charge in [0.25, 0.3) is 0 Å². The van der Waals surface area contributed by atoms with Gasteiger partial charge in [-0.1, -0.05) is 181 Å². The molecule has 0 N–H and O–H groups in total. The SMILES string of the molecule is [2H]c1c([2H])c([2H])c2c(oc3c2c([2H])c([2H])c2c4c([2H])c([2H])c([2H])c([2H])c4n(-c4c(C#N)c(-n5c6ccccc6c6ccccc65)c(-n5c6ccc(C(C)(C)C)cc6c6cc(C(C)(C)C)c7c8ccccc8oc7c65)c(-n5c6ccccc6c6ccccc65)c4[N+]#[C-])c32)c1[2H]. The maximum Gasteiger partial charge on any atom is 0.237 e. The van der Waals surface area contributed by atoms with Crippen LogP contribution in [0, 0.1) is 17.9 Å². The molecule has 11 aromatic carbocycles. The van der Waals surface area contributed by atoms with Crippen LogP contribution in [0.15, 0.2) is 215 Å². The van der Waals surface area contributed by atoms with Crippen LogP contribution in [0.3, 0.4) is 0 Å². The van der Waals surface area contributed by atoms with E-state index in [1.807, 2.05) is 124 Å². The molecule has 0 spiro atoms. The minimum atomic E-state index is -0.672. The average molecular weight is 1090 g/mol. The summed E-state index contributed by atoms with van der Waals surface area (Å²) in [7, 11) is 0. The Morgan fingerprint density at radius 1 is 0.429 bits per heavy atom. The van der Waals surface area contributed by atoms with Crippen LogP contribution in [-0.2, 0) is 10.8 Å². The summed E-state index contributed by atoms with van der Waals surface area (Å²) in [6.45, 7) is 23.2. The highest BCUT2D eigenvalue weighted by molar-refractivity contribution is 6.26. The lowest BCUT2D eigenvalue weighted by Crippen LogP contribution is -2.15. The van der Waals surface area contributed by atoms with Crippen LogP contribution in [-0.4, -0.2) is 18.3 Å². The Hall–Kier alpha value is -10.8. The highest BCUT2D eigenvalue weighted by Crippen LogP contribution is 2.54. The summed E-state index contributed by atoms with van der Waals surface area (Å²) in [5, 5.41) is 19.0. The molecule has 0 aliphatic rings. The predicted octanol–water partition coefficient (Wildman–Crippen LogP) is 20.9. The number of hydrogen-bond donors (Lipinski definition) is 0. The third-order valence-corrected chi connectivity index (χ3v) is 17.2. The van der Waals surface area contributed by atoms with Crippen LogP contribution >= 0.6 is 0 Å². The maximum atomic E-state index is 13.1. The molecule has 398 valence electrons. The Balaban J connectivity index is 1.25. The third-order valence-electron chi connectivity index (χ3n) is 17.2. The van der Waals surface area contributed by atoms with Crippen molar-refractivity contribution < 1.29 is 22.5 Å². The highest BCUT2D eigenvalue weighted by atomic mass is 16.3. The van der Waals surface area contributed by atoms with Crippen molar-refractivity contribution in [2.45, 2.75) is 52.4 Å². The van der Waals surface area contributed by atoms with Crippen molar-refractivity contribution >= 4 is 137 Å². The van der Waals surface area contributed by atoms with Crippen LogP contribution in [0.2, 0.25) is 0 Å². The summed E-state index contributed by atoms with van der Waals surface area (Å²) in [5.41, 5.74) is 5.74. The van der Waals surface area contributed by atoms with E-state index in [9.17, 15) is 22.8 Å². The van der Waals surface area contributed by atoms with Crippen molar-refractivity contribution in [1.82, 2.24) is 18.3 Å². The Labute approximate surface area is 496 Å². The number of nitriles is 1. The first-order valence-corrected chi connectivity index (χ1v) is 27.9. The van der Waals surface area contributed by atoms with E-state index in [1.165, 1.54) is 4.57 Å². The van der Waals surface area contributed by atoms with Gasteiger partial charge in [-0.15, -0.1) is 0 Å². The summed E-state index contributed by atoms with van der Waals surface area (Å²) >= 11 is 0. The molecule has 6 heterocycles. The first-order chi connectivity index (χ1) is 45.1. The zero-order valence-corrected chi connectivity index (χ0v) is 46.4. The van der Waals surface area contributed by atoms with E-state index in [0.717, 1.165) is 54.2 Å². The van der Waals surface area contributed by atoms with Gasteiger partial charge in [-0.2, -0.15) is 5.26 Å². The molecular formula is C76H52N6O2. The van der Waals surface area contributed by atoms with Crippen LogP contribution in [0.4, 0.5) is 5.69 Å². The molecule has 17 rings (SSSR count). The molecule has 0 saturated carbocycles. The van der Waals surface area contributed by atoms with Crippen LogP contribution < -0.4 is 0 Å². The Morgan fingerprint density at radius 3 is 1.57 bits per heavy atom. The van der Waals surface area contributed by atoms with Gasteiger partial charge >= 0.3 is 0 Å². The number of rotatable bonds is 4. The zero-order valence-electron chi connectivity index (χ0n) is 56.4. The van der Waals surface area contributed by atoms with E-state index < -0.39 is 65.8 Å². The minimum Gasteiger partial charge on any atom is -0.454 e. The Kier molecular flexibility index (Phi) is 7.80. The van der Waals surface area contributed by atoms with Gasteiger partial charge in [0.05, 0.1) is 92.7 Å². The van der Waals surface area contributed by atoms with Gasteiger partial charge in [-0.3, -0.25) is 0 Å². The second-order valence-electron chi connectivity index (χ2n) is 23.8. The van der Waals surface area contributed by atoms with Gasteiger partial charge in [0, 0.05) is 64.6 Å². The molecule has 8 heteroatoms. The number of benzene rings is 11. The van der Waals surface area contributed by atoms with Crippen LogP contribution in [0.5, 0.6) is 0 Å². The molecule has 0 unspecified atom stereocenters. The Bertz CT molecular complexity index is 6230. The highest BCUT2D eigenvalue weighted by Gasteiger charge is 2.37. The van der Waals surface area contributed by atoms with Crippen LogP contribution in [0.1, 0.15) is 71.9 Å². The summed E-state index contributed by atoms with van der Waals surface area (Å²) in [6.07, 6.45) is 0. The van der Waals surface area contributed by atoms with Gasteiger partial charge in [0.15, 0.2) is 11.2 Å². The second kappa shape index (κ2) is 16.9. The first-order valence-electron chi connectivity index (χ1n) is 32.9. The lowest BCUT2D eigenvalue weighted by molar-refractivity contribution is 0.591.